The van der Waals surface area contributed by atoms with Crippen molar-refractivity contribution in [2.45, 2.75) is 13.0 Å². The van der Waals surface area contributed by atoms with Gasteiger partial charge in [0.2, 0.25) is 0 Å². The van der Waals surface area contributed by atoms with Gasteiger partial charge in [0.1, 0.15) is 10.8 Å². The molecule has 3 heterocycles. The number of thiophene rings is 1. The zero-order valence-corrected chi connectivity index (χ0v) is 17.3. The quantitative estimate of drug-likeness (QED) is 0.675. The smallest absolute Gasteiger partial charge is 0.291 e. The summed E-state index contributed by atoms with van der Waals surface area (Å²) in [5.41, 5.74) is 2.05. The van der Waals surface area contributed by atoms with Crippen molar-refractivity contribution in [3.05, 3.63) is 76.3 Å². The molecule has 2 aromatic heterocycles. The number of nitrogens with one attached hydrogen (secondary N) is 1. The molecule has 0 aliphatic carbocycles. The second kappa shape index (κ2) is 8.49. The van der Waals surface area contributed by atoms with E-state index in [9.17, 15) is 9.18 Å². The molecule has 4 rings (SSSR count). The average molecular weight is 414 g/mol. The molecule has 5 nitrogen and oxygen atoms in total. The fraction of sp³-hybridized carbons (Fsp3) is 0.318. The first-order valence-corrected chi connectivity index (χ1v) is 10.5. The van der Waals surface area contributed by atoms with Gasteiger partial charge >= 0.3 is 0 Å². The number of amides is 1. The minimum Gasteiger partial charge on any atom is -0.459 e. The second-order valence-electron chi connectivity index (χ2n) is 7.37. The molecule has 1 N–H and O–H groups in total. The summed E-state index contributed by atoms with van der Waals surface area (Å²) in [6.07, 6.45) is 1.49. The molecule has 1 aliphatic heterocycles. The third-order valence-corrected chi connectivity index (χ3v) is 6.22. The van der Waals surface area contributed by atoms with Crippen molar-refractivity contribution in [3.8, 4) is 0 Å². The molecule has 0 bridgehead atoms. The maximum Gasteiger partial charge on any atom is 0.291 e. The van der Waals surface area contributed by atoms with E-state index in [2.05, 4.69) is 28.2 Å². The Labute approximate surface area is 173 Å². The fourth-order valence-corrected chi connectivity index (χ4v) is 4.66. The van der Waals surface area contributed by atoms with E-state index in [1.807, 2.05) is 19.1 Å². The van der Waals surface area contributed by atoms with E-state index in [0.717, 1.165) is 47.2 Å². The zero-order valence-electron chi connectivity index (χ0n) is 16.5. The third-order valence-electron chi connectivity index (χ3n) is 5.24. The summed E-state index contributed by atoms with van der Waals surface area (Å²) < 4.78 is 18.8. The van der Waals surface area contributed by atoms with Crippen LogP contribution in [-0.2, 0) is 0 Å². The molecular weight excluding hydrogens is 389 g/mol. The number of nitrogens with zero attached hydrogens (tertiary/aromatic N) is 2. The maximum absolute atomic E-state index is 13.6. The Kier molecular flexibility index (Phi) is 5.80. The van der Waals surface area contributed by atoms with Gasteiger partial charge in [0.05, 0.1) is 12.3 Å². The fourth-order valence-electron chi connectivity index (χ4n) is 3.72. The Morgan fingerprint density at radius 2 is 1.90 bits per heavy atom. The highest BCUT2D eigenvalue weighted by atomic mass is 32.1. The number of anilines is 1. The molecule has 7 heteroatoms. The number of rotatable bonds is 5. The summed E-state index contributed by atoms with van der Waals surface area (Å²) in [6, 6.07) is 12.1. The van der Waals surface area contributed by atoms with Crippen LogP contribution < -0.4 is 5.32 Å². The van der Waals surface area contributed by atoms with Crippen LogP contribution in [0.3, 0.4) is 0 Å². The van der Waals surface area contributed by atoms with Crippen LogP contribution in [0, 0.1) is 12.7 Å². The number of aryl methyl sites for hydroxylation is 1. The molecule has 3 aromatic rings. The molecule has 1 amide bonds. The van der Waals surface area contributed by atoms with Gasteiger partial charge in [-0.1, -0.05) is 12.1 Å². The first-order valence-electron chi connectivity index (χ1n) is 9.64. The Balaban J connectivity index is 1.70. The van der Waals surface area contributed by atoms with Crippen molar-refractivity contribution < 1.29 is 13.6 Å². The van der Waals surface area contributed by atoms with E-state index < -0.39 is 0 Å². The second-order valence-corrected chi connectivity index (χ2v) is 8.62. The van der Waals surface area contributed by atoms with Crippen LogP contribution in [0.4, 0.5) is 9.39 Å². The minimum atomic E-state index is -0.269. The largest absolute Gasteiger partial charge is 0.459 e. The summed E-state index contributed by atoms with van der Waals surface area (Å²) in [5.74, 6) is -0.243. The number of halogens is 1. The van der Waals surface area contributed by atoms with Crippen LogP contribution in [0.25, 0.3) is 0 Å². The van der Waals surface area contributed by atoms with Crippen molar-refractivity contribution in [2.24, 2.45) is 0 Å². The molecule has 1 aliphatic rings. The van der Waals surface area contributed by atoms with Crippen molar-refractivity contribution in [1.29, 1.82) is 0 Å². The molecule has 1 atom stereocenters. The SMILES string of the molecule is Cc1cc([C@H](c2ccc(F)cc2)N2CCN(C)CC2)c(NC(=O)c2ccco2)s1. The number of piperazine rings is 1. The lowest BCUT2D eigenvalue weighted by Gasteiger charge is -2.38. The first kappa shape index (κ1) is 19.8. The standard InChI is InChI=1S/C22H24FN3O2S/c1-15-14-18(22(29-15)24-21(27)19-4-3-13-28-19)20(16-5-7-17(23)8-6-16)26-11-9-25(2)10-12-26/h3-8,13-14,20H,9-12H2,1-2H3,(H,24,27)/t20-/m0/s1. The average Bonchev–Trinajstić information content (AvgIpc) is 3.35. The highest BCUT2D eigenvalue weighted by Crippen LogP contribution is 2.39. The number of likely N-dealkylation sites (N-methyl/N-ethyl adjacent to an activating group) is 1. The van der Waals surface area contributed by atoms with Gasteiger partial charge in [-0.25, -0.2) is 4.39 Å². The molecule has 1 saturated heterocycles. The van der Waals surface area contributed by atoms with Gasteiger partial charge in [-0.15, -0.1) is 11.3 Å². The van der Waals surface area contributed by atoms with E-state index in [0.29, 0.717) is 0 Å². The van der Waals surface area contributed by atoms with Gasteiger partial charge in [-0.2, -0.15) is 0 Å². The molecule has 1 fully saturated rings. The summed E-state index contributed by atoms with van der Waals surface area (Å²) in [7, 11) is 2.12. The van der Waals surface area contributed by atoms with Crippen LogP contribution in [0.1, 0.15) is 32.6 Å². The molecule has 1 aromatic carbocycles. The Bertz CT molecular complexity index is 961. The summed E-state index contributed by atoms with van der Waals surface area (Å²) in [4.78, 5) is 18.4. The van der Waals surface area contributed by atoms with Crippen LogP contribution >= 0.6 is 11.3 Å². The zero-order chi connectivity index (χ0) is 20.4. The first-order chi connectivity index (χ1) is 14.0. The predicted molar refractivity (Wildman–Crippen MR) is 113 cm³/mol. The van der Waals surface area contributed by atoms with E-state index in [-0.39, 0.29) is 23.5 Å². The lowest BCUT2D eigenvalue weighted by atomic mass is 9.97. The number of hydrogen-bond acceptors (Lipinski definition) is 5. The van der Waals surface area contributed by atoms with Crippen LogP contribution in [0.5, 0.6) is 0 Å². The highest BCUT2D eigenvalue weighted by Gasteiger charge is 2.29. The molecule has 0 radical (unpaired) electrons. The molecule has 29 heavy (non-hydrogen) atoms. The van der Waals surface area contributed by atoms with Crippen LogP contribution in [0.15, 0.2) is 53.1 Å². The summed E-state index contributed by atoms with van der Waals surface area (Å²) in [6.45, 7) is 5.77. The summed E-state index contributed by atoms with van der Waals surface area (Å²) in [5, 5.41) is 3.82. The van der Waals surface area contributed by atoms with Crippen molar-refractivity contribution >= 4 is 22.2 Å². The van der Waals surface area contributed by atoms with Gasteiger partial charge in [-0.3, -0.25) is 9.69 Å². The van der Waals surface area contributed by atoms with Crippen LogP contribution in [0.2, 0.25) is 0 Å². The predicted octanol–water partition coefficient (Wildman–Crippen LogP) is 4.38. The molecule has 0 spiro atoms. The maximum atomic E-state index is 13.6. The lowest BCUT2D eigenvalue weighted by Crippen LogP contribution is -2.46. The Hall–Kier alpha value is -2.48. The van der Waals surface area contributed by atoms with Gasteiger partial charge < -0.3 is 14.6 Å². The van der Waals surface area contributed by atoms with E-state index in [4.69, 9.17) is 4.42 Å². The van der Waals surface area contributed by atoms with Crippen molar-refractivity contribution in [1.82, 2.24) is 9.80 Å². The topological polar surface area (TPSA) is 48.7 Å². The van der Waals surface area contributed by atoms with Crippen molar-refractivity contribution in [3.63, 3.8) is 0 Å². The molecule has 152 valence electrons. The van der Waals surface area contributed by atoms with Gasteiger partial charge in [-0.05, 0) is 49.9 Å². The molecule has 0 unspecified atom stereocenters. The van der Waals surface area contributed by atoms with E-state index in [1.165, 1.54) is 18.4 Å². The van der Waals surface area contributed by atoms with Crippen LogP contribution in [-0.4, -0.2) is 48.9 Å². The Morgan fingerprint density at radius 1 is 1.17 bits per heavy atom. The normalized spacial score (nSPS) is 16.7. The minimum absolute atomic E-state index is 0.0545. The van der Waals surface area contributed by atoms with E-state index >= 15 is 0 Å². The number of benzene rings is 1. The highest BCUT2D eigenvalue weighted by molar-refractivity contribution is 7.16. The number of carbonyl (C=O) groups is 1. The van der Waals surface area contributed by atoms with Gasteiger partial charge in [0.15, 0.2) is 5.76 Å². The lowest BCUT2D eigenvalue weighted by molar-refractivity contribution is 0.0996. The third kappa shape index (κ3) is 4.42. The number of hydrogen-bond donors (Lipinski definition) is 1. The summed E-state index contributed by atoms with van der Waals surface area (Å²) >= 11 is 1.55. The Morgan fingerprint density at radius 3 is 2.55 bits per heavy atom. The van der Waals surface area contributed by atoms with Gasteiger partial charge in [0.25, 0.3) is 5.91 Å². The van der Waals surface area contributed by atoms with Crippen molar-refractivity contribution in [2.75, 3.05) is 38.5 Å². The monoisotopic (exact) mass is 413 g/mol. The van der Waals surface area contributed by atoms with Gasteiger partial charge in [0, 0.05) is 36.6 Å². The molecular formula is C22H24FN3O2S. The van der Waals surface area contributed by atoms with E-state index in [1.54, 1.807) is 23.5 Å². The number of furan rings is 1. The molecule has 0 saturated carbocycles. The number of carbonyl (C=O) groups excluding carboxylic acids is 1.